The van der Waals surface area contributed by atoms with E-state index in [1.54, 1.807) is 35.3 Å². The molecule has 0 N–H and O–H groups in total. The van der Waals surface area contributed by atoms with Gasteiger partial charge in [-0.05, 0) is 42.5 Å². The van der Waals surface area contributed by atoms with Crippen molar-refractivity contribution in [2.75, 3.05) is 13.2 Å². The van der Waals surface area contributed by atoms with Gasteiger partial charge >= 0.3 is 5.97 Å². The fourth-order valence-electron chi connectivity index (χ4n) is 2.63. The molecule has 2 aromatic rings. The first-order valence-corrected chi connectivity index (χ1v) is 8.73. The number of ether oxygens (including phenoxy) is 2. The molecule has 1 aromatic heterocycles. The molecule has 1 atom stereocenters. The normalized spacial score (nSPS) is 14.6. The Bertz CT molecular complexity index is 713. The number of para-hydroxylation sites is 1. The summed E-state index contributed by atoms with van der Waals surface area (Å²) in [5.41, 5.74) is 1.19. The molecule has 1 aliphatic rings. The minimum Gasteiger partial charge on any atom is -0.482 e. The molecule has 1 aromatic carbocycles. The van der Waals surface area contributed by atoms with Crippen LogP contribution in [0, 0.1) is 0 Å². The number of amides is 1. The number of carbonyl (C=O) groups is 2. The molecule has 1 amide bonds. The number of thiophene rings is 1. The maximum absolute atomic E-state index is 12.5. The summed E-state index contributed by atoms with van der Waals surface area (Å²) in [7, 11) is 0. The van der Waals surface area contributed by atoms with E-state index in [0.717, 1.165) is 6.42 Å². The minimum atomic E-state index is -0.808. The van der Waals surface area contributed by atoms with Gasteiger partial charge in [0.25, 0.3) is 5.91 Å². The van der Waals surface area contributed by atoms with E-state index in [9.17, 15) is 9.59 Å². The molecule has 3 rings (SSSR count). The average molecular weight is 345 g/mol. The zero-order valence-corrected chi connectivity index (χ0v) is 14.3. The summed E-state index contributed by atoms with van der Waals surface area (Å²) in [5, 5.41) is 2.04. The molecule has 1 aliphatic heterocycles. The van der Waals surface area contributed by atoms with Gasteiger partial charge in [0.15, 0.2) is 12.7 Å². The van der Waals surface area contributed by atoms with Gasteiger partial charge in [-0.1, -0.05) is 18.2 Å². The highest BCUT2D eigenvalue weighted by molar-refractivity contribution is 7.10. The third kappa shape index (κ3) is 3.94. The third-order valence-corrected chi connectivity index (χ3v) is 4.90. The number of carbonyl (C=O) groups excluding carboxylic acids is 2. The summed E-state index contributed by atoms with van der Waals surface area (Å²) < 4.78 is 10.5. The Kier molecular flexibility index (Phi) is 5.15. The molecule has 126 valence electrons. The highest BCUT2D eigenvalue weighted by Gasteiger charge is 2.27. The molecule has 0 unspecified atom stereocenters. The van der Waals surface area contributed by atoms with Gasteiger partial charge in [-0.3, -0.25) is 4.79 Å². The van der Waals surface area contributed by atoms with E-state index in [-0.39, 0.29) is 12.5 Å². The van der Waals surface area contributed by atoms with Crippen molar-refractivity contribution in [2.45, 2.75) is 26.0 Å². The van der Waals surface area contributed by atoms with Gasteiger partial charge in [-0.25, -0.2) is 4.79 Å². The predicted octanol–water partition coefficient (Wildman–Crippen LogP) is 2.64. The molecule has 5 nitrogen and oxygen atoms in total. The summed E-state index contributed by atoms with van der Waals surface area (Å²) >= 11 is 1.72. The van der Waals surface area contributed by atoms with Crippen molar-refractivity contribution in [1.29, 1.82) is 0 Å². The lowest BCUT2D eigenvalue weighted by Crippen LogP contribution is -2.42. The molecule has 0 fully saturated rings. The number of fused-ring (bicyclic) bond motifs is 1. The van der Waals surface area contributed by atoms with E-state index in [1.807, 2.05) is 29.6 Å². The molecule has 0 spiro atoms. The number of esters is 1. The third-order valence-electron chi connectivity index (χ3n) is 3.88. The monoisotopic (exact) mass is 345 g/mol. The molecule has 0 saturated carbocycles. The number of rotatable bonds is 5. The minimum absolute atomic E-state index is 0.167. The summed E-state index contributed by atoms with van der Waals surface area (Å²) in [6.45, 7) is 2.64. The second-order valence-electron chi connectivity index (χ2n) is 5.61. The van der Waals surface area contributed by atoms with Crippen LogP contribution in [-0.2, 0) is 27.3 Å². The van der Waals surface area contributed by atoms with Crippen molar-refractivity contribution in [3.63, 3.8) is 0 Å². The van der Waals surface area contributed by atoms with Gasteiger partial charge in [-0.2, -0.15) is 0 Å². The van der Waals surface area contributed by atoms with Crippen LogP contribution >= 0.6 is 11.3 Å². The molecule has 0 radical (unpaired) electrons. The number of hydrogen-bond donors (Lipinski definition) is 0. The van der Waals surface area contributed by atoms with Crippen LogP contribution in [0.5, 0.6) is 5.75 Å². The number of benzene rings is 1. The number of nitrogens with zero attached hydrogens (tertiary/aromatic N) is 1. The van der Waals surface area contributed by atoms with Crippen molar-refractivity contribution in [2.24, 2.45) is 0 Å². The van der Waals surface area contributed by atoms with Crippen LogP contribution in [0.1, 0.15) is 17.4 Å². The topological polar surface area (TPSA) is 55.8 Å². The summed E-state index contributed by atoms with van der Waals surface area (Å²) in [4.78, 5) is 27.4. The van der Waals surface area contributed by atoms with Gasteiger partial charge in [0, 0.05) is 18.0 Å². The Morgan fingerprint density at radius 3 is 2.83 bits per heavy atom. The Morgan fingerprint density at radius 2 is 2.04 bits per heavy atom. The van der Waals surface area contributed by atoms with Gasteiger partial charge in [0.1, 0.15) is 5.75 Å². The van der Waals surface area contributed by atoms with Gasteiger partial charge in [-0.15, -0.1) is 11.3 Å². The summed E-state index contributed by atoms with van der Waals surface area (Å²) in [5.74, 6) is -0.123. The van der Waals surface area contributed by atoms with E-state index in [4.69, 9.17) is 9.47 Å². The van der Waals surface area contributed by atoms with E-state index in [1.165, 1.54) is 10.4 Å². The van der Waals surface area contributed by atoms with Crippen molar-refractivity contribution in [1.82, 2.24) is 4.90 Å². The molecular formula is C18H19NO4S. The fourth-order valence-corrected chi connectivity index (χ4v) is 3.52. The molecule has 0 aliphatic carbocycles. The lowest BCUT2D eigenvalue weighted by atomic mass is 10.1. The predicted molar refractivity (Wildman–Crippen MR) is 90.9 cm³/mol. The van der Waals surface area contributed by atoms with Crippen molar-refractivity contribution >= 4 is 23.2 Å². The van der Waals surface area contributed by atoms with Crippen LogP contribution in [0.25, 0.3) is 0 Å². The molecular weight excluding hydrogens is 326 g/mol. The average Bonchev–Trinajstić information content (AvgIpc) is 3.07. The van der Waals surface area contributed by atoms with Crippen LogP contribution in [0.2, 0.25) is 0 Å². The molecule has 6 heteroatoms. The first kappa shape index (κ1) is 16.5. The highest BCUT2D eigenvalue weighted by atomic mass is 32.1. The molecule has 24 heavy (non-hydrogen) atoms. The molecule has 2 heterocycles. The quantitative estimate of drug-likeness (QED) is 0.782. The summed E-state index contributed by atoms with van der Waals surface area (Å²) in [6.07, 6.45) is 0.0494. The summed E-state index contributed by atoms with van der Waals surface area (Å²) in [6, 6.07) is 11.1. The van der Waals surface area contributed by atoms with Crippen LogP contribution in [0.15, 0.2) is 41.8 Å². The molecule has 0 saturated heterocycles. The van der Waals surface area contributed by atoms with Gasteiger partial charge in [0.05, 0.1) is 0 Å². The van der Waals surface area contributed by atoms with E-state index in [0.29, 0.717) is 18.8 Å². The van der Waals surface area contributed by atoms with Crippen LogP contribution in [0.3, 0.4) is 0 Å². The van der Waals surface area contributed by atoms with Gasteiger partial charge in [0.2, 0.25) is 0 Å². The zero-order chi connectivity index (χ0) is 16.9. The fraction of sp³-hybridized carbons (Fsp3) is 0.333. The standard InChI is InChI=1S/C18H19NO4S/c1-13(23-17(20)12-22-15-5-3-2-4-6-15)18(21)19-9-7-16-14(11-19)8-10-24-16/h2-6,8,10,13H,7,9,11-12H2,1H3/t13-/m0/s1. The maximum Gasteiger partial charge on any atom is 0.344 e. The van der Waals surface area contributed by atoms with Gasteiger partial charge < -0.3 is 14.4 Å². The second-order valence-corrected chi connectivity index (χ2v) is 6.61. The maximum atomic E-state index is 12.5. The second kappa shape index (κ2) is 7.49. The number of hydrogen-bond acceptors (Lipinski definition) is 5. The van der Waals surface area contributed by atoms with Crippen molar-refractivity contribution in [3.05, 3.63) is 52.2 Å². The van der Waals surface area contributed by atoms with E-state index in [2.05, 4.69) is 0 Å². The van der Waals surface area contributed by atoms with Crippen LogP contribution in [-0.4, -0.2) is 36.0 Å². The first-order valence-electron chi connectivity index (χ1n) is 7.85. The Labute approximate surface area is 144 Å². The Morgan fingerprint density at radius 1 is 1.25 bits per heavy atom. The molecule has 0 bridgehead atoms. The smallest absolute Gasteiger partial charge is 0.344 e. The Balaban J connectivity index is 1.48. The lowest BCUT2D eigenvalue weighted by Gasteiger charge is -2.29. The van der Waals surface area contributed by atoms with Crippen LogP contribution in [0.4, 0.5) is 0 Å². The van der Waals surface area contributed by atoms with Crippen molar-refractivity contribution < 1.29 is 19.1 Å². The SMILES string of the molecule is C[C@H](OC(=O)COc1ccccc1)C(=O)N1CCc2sccc2C1. The lowest BCUT2D eigenvalue weighted by molar-refractivity contribution is -0.161. The largest absolute Gasteiger partial charge is 0.482 e. The van der Waals surface area contributed by atoms with E-state index >= 15 is 0 Å². The van der Waals surface area contributed by atoms with E-state index < -0.39 is 12.1 Å². The van der Waals surface area contributed by atoms with Crippen molar-refractivity contribution in [3.8, 4) is 5.75 Å². The zero-order valence-electron chi connectivity index (χ0n) is 13.4. The highest BCUT2D eigenvalue weighted by Crippen LogP contribution is 2.24. The Hall–Kier alpha value is -2.34. The van der Waals surface area contributed by atoms with Crippen LogP contribution < -0.4 is 4.74 Å². The first-order chi connectivity index (χ1) is 11.6.